The number of allylic oxidation sites excluding steroid dienone is 3. The molecule has 1 aliphatic rings. The van der Waals surface area contributed by atoms with E-state index >= 15 is 0 Å². The number of hydrogen-bond acceptors (Lipinski definition) is 7. The summed E-state index contributed by atoms with van der Waals surface area (Å²) >= 11 is 0. The molecule has 0 unspecified atom stereocenters. The van der Waals surface area contributed by atoms with Gasteiger partial charge in [-0.1, -0.05) is 74.2 Å². The third-order valence-corrected chi connectivity index (χ3v) is 8.11. The Balaban J connectivity index is 1.11. The van der Waals surface area contributed by atoms with Crippen LogP contribution in [0.4, 0.5) is 22.1 Å². The molecule has 9 nitrogen and oxygen atoms in total. The smallest absolute Gasteiger partial charge is 0.411 e. The van der Waals surface area contributed by atoms with Gasteiger partial charge in [-0.3, -0.25) is 4.79 Å². The van der Waals surface area contributed by atoms with Gasteiger partial charge in [-0.25, -0.2) is 14.8 Å². The fourth-order valence-electron chi connectivity index (χ4n) is 5.47. The first-order valence-corrected chi connectivity index (χ1v) is 15.9. The average molecular weight is 632 g/mol. The molecule has 0 aliphatic carbocycles. The number of ether oxygens (including phenoxy) is 2. The molecule has 0 spiro atoms. The van der Waals surface area contributed by atoms with E-state index in [4.69, 9.17) is 9.47 Å². The number of likely N-dealkylation sites (tertiary alicyclic amines) is 1. The Bertz CT molecular complexity index is 1700. The monoisotopic (exact) mass is 631 g/mol. The first kappa shape index (κ1) is 33.1. The number of carbonyl (C=O) groups is 2. The molecule has 9 heteroatoms. The first-order chi connectivity index (χ1) is 22.9. The van der Waals surface area contributed by atoms with Crippen LogP contribution in [-0.4, -0.2) is 46.8 Å². The molecular weight excluding hydrogens is 590 g/mol. The molecule has 1 aromatic heterocycles. The molecule has 0 atom stereocenters. The van der Waals surface area contributed by atoms with Crippen LogP contribution in [0, 0.1) is 6.92 Å². The number of nitrogens with one attached hydrogen (secondary N) is 2. The number of piperidine rings is 1. The third kappa shape index (κ3) is 9.14. The second-order valence-corrected chi connectivity index (χ2v) is 11.4. The van der Waals surface area contributed by atoms with Gasteiger partial charge in [0.1, 0.15) is 0 Å². The van der Waals surface area contributed by atoms with Crippen molar-refractivity contribution in [3.8, 4) is 0 Å². The van der Waals surface area contributed by atoms with Crippen molar-refractivity contribution >= 4 is 34.9 Å². The van der Waals surface area contributed by atoms with E-state index in [1.807, 2.05) is 85.8 Å². The van der Waals surface area contributed by atoms with Gasteiger partial charge in [0.15, 0.2) is 6.79 Å². The highest BCUT2D eigenvalue weighted by atomic mass is 16.7. The van der Waals surface area contributed by atoms with Gasteiger partial charge in [-0.2, -0.15) is 0 Å². The molecule has 242 valence electrons. The molecule has 0 radical (unpaired) electrons. The number of carbonyl (C=O) groups excluding carboxylic acids is 2. The van der Waals surface area contributed by atoms with Crippen LogP contribution < -0.4 is 10.6 Å². The van der Waals surface area contributed by atoms with Gasteiger partial charge in [0.25, 0.3) is 5.91 Å². The van der Waals surface area contributed by atoms with Crippen LogP contribution in [-0.2, 0) is 16.1 Å². The average Bonchev–Trinajstić information content (AvgIpc) is 3.11. The van der Waals surface area contributed by atoms with Gasteiger partial charge in [-0.15, -0.1) is 0 Å². The summed E-state index contributed by atoms with van der Waals surface area (Å²) in [5.41, 5.74) is 6.93. The maximum Gasteiger partial charge on any atom is 0.411 e. The zero-order valence-electron chi connectivity index (χ0n) is 26.9. The number of amides is 2. The predicted octanol–water partition coefficient (Wildman–Crippen LogP) is 8.25. The van der Waals surface area contributed by atoms with Crippen LogP contribution in [0.1, 0.15) is 64.8 Å². The molecule has 1 aliphatic heterocycles. The van der Waals surface area contributed by atoms with Crippen molar-refractivity contribution in [2.75, 3.05) is 30.5 Å². The van der Waals surface area contributed by atoms with E-state index in [1.165, 1.54) is 0 Å². The quantitative estimate of drug-likeness (QED) is 0.0921. The van der Waals surface area contributed by atoms with Crippen LogP contribution in [0.5, 0.6) is 0 Å². The molecule has 2 amide bonds. The number of anilines is 3. The second kappa shape index (κ2) is 16.3. The molecule has 3 aromatic carbocycles. The molecular formula is C38H41N5O4. The highest BCUT2D eigenvalue weighted by Crippen LogP contribution is 2.29. The van der Waals surface area contributed by atoms with Gasteiger partial charge in [0.2, 0.25) is 5.95 Å². The minimum atomic E-state index is -0.356. The molecule has 47 heavy (non-hydrogen) atoms. The highest BCUT2D eigenvalue weighted by molar-refractivity contribution is 6.04. The number of hydrogen-bond donors (Lipinski definition) is 2. The van der Waals surface area contributed by atoms with E-state index in [9.17, 15) is 9.59 Å². The molecule has 5 rings (SSSR count). The zero-order valence-corrected chi connectivity index (χ0v) is 26.9. The van der Waals surface area contributed by atoms with E-state index in [-0.39, 0.29) is 18.8 Å². The minimum absolute atomic E-state index is 0.0757. The first-order valence-electron chi connectivity index (χ1n) is 15.9. The normalized spacial score (nSPS) is 13.6. The molecule has 0 saturated carbocycles. The highest BCUT2D eigenvalue weighted by Gasteiger charge is 2.25. The predicted molar refractivity (Wildman–Crippen MR) is 185 cm³/mol. The van der Waals surface area contributed by atoms with Crippen molar-refractivity contribution in [2.24, 2.45) is 0 Å². The SMILES string of the molecule is C=C/C(=C\CC)c1ccnc(Nc2cc(NC(=O)c3ccc(C4CCN(C(=O)OCOCc5ccccc5)CC4)cc3)ccc2C)n1. The molecule has 1 saturated heterocycles. The fraction of sp³-hybridized carbons (Fsp3) is 0.263. The Labute approximate surface area is 276 Å². The Hall–Kier alpha value is -5.28. The molecule has 0 bridgehead atoms. The molecule has 1 fully saturated rings. The van der Waals surface area contributed by atoms with E-state index in [0.29, 0.717) is 42.8 Å². The summed E-state index contributed by atoms with van der Waals surface area (Å²) in [5.74, 6) is 0.568. The Morgan fingerprint density at radius 2 is 1.79 bits per heavy atom. The van der Waals surface area contributed by atoms with Crippen molar-refractivity contribution in [3.05, 3.63) is 132 Å². The number of rotatable bonds is 12. The van der Waals surface area contributed by atoms with Gasteiger partial charge in [0.05, 0.1) is 12.3 Å². The van der Waals surface area contributed by atoms with Gasteiger partial charge >= 0.3 is 6.09 Å². The third-order valence-electron chi connectivity index (χ3n) is 8.11. The lowest BCUT2D eigenvalue weighted by Crippen LogP contribution is -2.38. The lowest BCUT2D eigenvalue weighted by molar-refractivity contribution is -0.0369. The summed E-state index contributed by atoms with van der Waals surface area (Å²) < 4.78 is 10.8. The number of benzene rings is 3. The van der Waals surface area contributed by atoms with Gasteiger partial charge in [0, 0.05) is 36.2 Å². The van der Waals surface area contributed by atoms with E-state index in [2.05, 4.69) is 40.2 Å². The van der Waals surface area contributed by atoms with Crippen molar-refractivity contribution < 1.29 is 19.1 Å². The van der Waals surface area contributed by atoms with Crippen molar-refractivity contribution in [1.29, 1.82) is 0 Å². The summed E-state index contributed by atoms with van der Waals surface area (Å²) in [7, 11) is 0. The Morgan fingerprint density at radius 3 is 2.51 bits per heavy atom. The summed E-state index contributed by atoms with van der Waals surface area (Å²) in [6.45, 7) is 9.48. The minimum Gasteiger partial charge on any atom is -0.422 e. The van der Waals surface area contributed by atoms with Crippen LogP contribution in [0.15, 0.2) is 104 Å². The topological polar surface area (TPSA) is 106 Å². The lowest BCUT2D eigenvalue weighted by atomic mass is 9.89. The Morgan fingerprint density at radius 1 is 1.02 bits per heavy atom. The number of nitrogens with zero attached hydrogens (tertiary/aromatic N) is 3. The van der Waals surface area contributed by atoms with Crippen LogP contribution in [0.2, 0.25) is 0 Å². The molecule has 2 N–H and O–H groups in total. The van der Waals surface area contributed by atoms with Crippen LogP contribution >= 0.6 is 0 Å². The second-order valence-electron chi connectivity index (χ2n) is 11.4. The van der Waals surface area contributed by atoms with E-state index in [1.54, 1.807) is 17.2 Å². The largest absolute Gasteiger partial charge is 0.422 e. The van der Waals surface area contributed by atoms with Crippen molar-refractivity contribution in [1.82, 2.24) is 14.9 Å². The van der Waals surface area contributed by atoms with Crippen LogP contribution in [0.25, 0.3) is 5.57 Å². The van der Waals surface area contributed by atoms with Crippen molar-refractivity contribution in [2.45, 2.75) is 45.6 Å². The lowest BCUT2D eigenvalue weighted by Gasteiger charge is -2.31. The van der Waals surface area contributed by atoms with Gasteiger partial charge in [-0.05, 0) is 84.7 Å². The summed E-state index contributed by atoms with van der Waals surface area (Å²) in [4.78, 5) is 36.4. The maximum atomic E-state index is 13.1. The van der Waals surface area contributed by atoms with E-state index < -0.39 is 0 Å². The molecule has 4 aromatic rings. The zero-order chi connectivity index (χ0) is 33.0. The number of aromatic nitrogens is 2. The Kier molecular flexibility index (Phi) is 11.5. The summed E-state index contributed by atoms with van der Waals surface area (Å²) in [6, 6.07) is 25.0. The van der Waals surface area contributed by atoms with E-state index in [0.717, 1.165) is 52.9 Å². The molecule has 2 heterocycles. The van der Waals surface area contributed by atoms with Crippen LogP contribution in [0.3, 0.4) is 0 Å². The van der Waals surface area contributed by atoms with Crippen molar-refractivity contribution in [3.63, 3.8) is 0 Å². The number of aryl methyl sites for hydroxylation is 1. The standard InChI is InChI=1S/C38H41N5O4/c1-4-9-29(5-2)34-18-21-39-37(41-34)42-35-24-33(17-12-27(35)3)40-36(44)32-15-13-30(14-16-32)31-19-22-43(23-20-31)38(45)47-26-46-25-28-10-7-6-8-11-28/h5-18,21,24,31H,2,4,19-20,22-23,25-26H2,1,3H3,(H,40,44)(H,39,41,42)/b29-9+. The fourth-order valence-corrected chi connectivity index (χ4v) is 5.47. The summed E-state index contributed by atoms with van der Waals surface area (Å²) in [6.07, 6.45) is 7.73. The summed E-state index contributed by atoms with van der Waals surface area (Å²) in [5, 5.41) is 6.29. The van der Waals surface area contributed by atoms with Gasteiger partial charge < -0.3 is 25.0 Å². The maximum absolute atomic E-state index is 13.1.